The molecule has 2 N–H and O–H groups in total. The van der Waals surface area contributed by atoms with Gasteiger partial charge in [-0.3, -0.25) is 0 Å². The molecule has 0 aliphatic carbocycles. The molecule has 104 valence electrons. The molecule has 6 nitrogen and oxygen atoms in total. The molecule has 1 aromatic carbocycles. The first-order chi connectivity index (χ1) is 8.75. The van der Waals surface area contributed by atoms with Gasteiger partial charge in [-0.05, 0) is 32.3 Å². The van der Waals surface area contributed by atoms with Gasteiger partial charge >= 0.3 is 0 Å². The summed E-state index contributed by atoms with van der Waals surface area (Å²) < 4.78 is 22.5. The Morgan fingerprint density at radius 1 is 1.26 bits per heavy atom. The van der Waals surface area contributed by atoms with Gasteiger partial charge in [-0.15, -0.1) is 0 Å². The van der Waals surface area contributed by atoms with Crippen molar-refractivity contribution in [1.29, 1.82) is 5.26 Å². The van der Waals surface area contributed by atoms with Crippen molar-refractivity contribution in [3.63, 3.8) is 0 Å². The Balaban J connectivity index is 3.07. The van der Waals surface area contributed by atoms with Gasteiger partial charge < -0.3 is 9.80 Å². The van der Waals surface area contributed by atoms with Crippen LogP contribution < -0.4 is 10.0 Å². The summed E-state index contributed by atoms with van der Waals surface area (Å²) in [7, 11) is 2.00. The van der Waals surface area contributed by atoms with Crippen molar-refractivity contribution in [3.8, 4) is 6.07 Å². The van der Waals surface area contributed by atoms with Gasteiger partial charge in [0.25, 0.3) is 0 Å². The molecule has 0 unspecified atom stereocenters. The largest absolute Gasteiger partial charge is 0.372 e. The number of nitrogens with zero attached hydrogens (tertiary/aromatic N) is 3. The summed E-state index contributed by atoms with van der Waals surface area (Å²) in [4.78, 5) is 3.89. The van der Waals surface area contributed by atoms with Gasteiger partial charge in [-0.2, -0.15) is 5.26 Å². The Bertz CT molecular complexity index is 590. The zero-order valence-electron chi connectivity index (χ0n) is 11.3. The van der Waals surface area contributed by atoms with Crippen molar-refractivity contribution in [2.75, 3.05) is 39.1 Å². The van der Waals surface area contributed by atoms with Crippen LogP contribution in [0.15, 0.2) is 23.1 Å². The molecular formula is C12H18N4O2S. The summed E-state index contributed by atoms with van der Waals surface area (Å²) >= 11 is 0. The first kappa shape index (κ1) is 15.4. The number of primary sulfonamides is 1. The van der Waals surface area contributed by atoms with E-state index in [9.17, 15) is 8.42 Å². The topological polar surface area (TPSA) is 90.4 Å². The first-order valence-corrected chi connectivity index (χ1v) is 7.23. The number of anilines is 1. The van der Waals surface area contributed by atoms with Crippen molar-refractivity contribution in [2.45, 2.75) is 4.90 Å². The molecule has 0 spiro atoms. The van der Waals surface area contributed by atoms with Gasteiger partial charge in [-0.1, -0.05) is 0 Å². The highest BCUT2D eigenvalue weighted by atomic mass is 32.2. The standard InChI is InChI=1S/C12H18N4O2S/c1-15(2)6-7-16(3)12-5-4-11(19(14,17)18)8-10(12)9-13/h4-5,8H,6-7H2,1-3H3,(H2,14,17,18). The van der Waals surface area contributed by atoms with E-state index in [2.05, 4.69) is 0 Å². The molecule has 0 atom stereocenters. The summed E-state index contributed by atoms with van der Waals surface area (Å²) in [5.41, 5.74) is 0.990. The third kappa shape index (κ3) is 4.21. The maximum Gasteiger partial charge on any atom is 0.238 e. The van der Waals surface area contributed by atoms with Crippen molar-refractivity contribution in [1.82, 2.24) is 4.90 Å². The van der Waals surface area contributed by atoms with Crippen LogP contribution in [0, 0.1) is 11.3 Å². The maximum absolute atomic E-state index is 11.2. The Hall–Kier alpha value is -1.62. The molecule has 0 heterocycles. The van der Waals surface area contributed by atoms with Gasteiger partial charge in [-0.25, -0.2) is 13.6 Å². The molecule has 0 aliphatic rings. The van der Waals surface area contributed by atoms with Crippen LogP contribution in [-0.4, -0.2) is 47.6 Å². The maximum atomic E-state index is 11.2. The first-order valence-electron chi connectivity index (χ1n) is 5.68. The number of nitriles is 1. The van der Waals surface area contributed by atoms with Crippen LogP contribution in [-0.2, 0) is 10.0 Å². The van der Waals surface area contributed by atoms with Crippen LogP contribution in [0.5, 0.6) is 0 Å². The molecule has 0 amide bonds. The number of rotatable bonds is 5. The van der Waals surface area contributed by atoms with Crippen molar-refractivity contribution >= 4 is 15.7 Å². The minimum absolute atomic E-state index is 0.0474. The van der Waals surface area contributed by atoms with Gasteiger partial charge in [0.15, 0.2) is 0 Å². The quantitative estimate of drug-likeness (QED) is 0.833. The molecular weight excluding hydrogens is 264 g/mol. The Morgan fingerprint density at radius 2 is 1.89 bits per heavy atom. The number of sulfonamides is 1. The molecule has 1 rings (SSSR count). The predicted molar refractivity (Wildman–Crippen MR) is 74.4 cm³/mol. The van der Waals surface area contributed by atoms with E-state index < -0.39 is 10.0 Å². The summed E-state index contributed by atoms with van der Waals surface area (Å²) in [6.07, 6.45) is 0. The molecule has 0 aromatic heterocycles. The Kier molecular flexibility index (Phi) is 4.89. The second kappa shape index (κ2) is 6.02. The van der Waals surface area contributed by atoms with E-state index in [1.54, 1.807) is 6.07 Å². The van der Waals surface area contributed by atoms with Gasteiger partial charge in [0, 0.05) is 20.1 Å². The molecule has 0 aliphatic heterocycles. The summed E-state index contributed by atoms with van der Waals surface area (Å²) in [6.45, 7) is 1.56. The van der Waals surface area contributed by atoms with E-state index in [0.29, 0.717) is 11.3 Å². The molecule has 19 heavy (non-hydrogen) atoms. The van der Waals surface area contributed by atoms with Crippen LogP contribution in [0.3, 0.4) is 0 Å². The molecule has 0 fully saturated rings. The second-order valence-corrected chi connectivity index (χ2v) is 6.12. The van der Waals surface area contributed by atoms with Crippen LogP contribution in [0.25, 0.3) is 0 Å². The molecule has 0 saturated carbocycles. The fourth-order valence-corrected chi connectivity index (χ4v) is 2.12. The fraction of sp³-hybridized carbons (Fsp3) is 0.417. The van der Waals surface area contributed by atoms with Gasteiger partial charge in [0.2, 0.25) is 10.0 Å². The van der Waals surface area contributed by atoms with Gasteiger partial charge in [0.1, 0.15) is 6.07 Å². The molecule has 7 heteroatoms. The summed E-state index contributed by atoms with van der Waals surface area (Å²) in [5.74, 6) is 0. The lowest BCUT2D eigenvalue weighted by atomic mass is 10.2. The SMILES string of the molecule is CN(C)CCN(C)c1ccc(S(N)(=O)=O)cc1C#N. The smallest absolute Gasteiger partial charge is 0.238 e. The van der Waals surface area contributed by atoms with E-state index >= 15 is 0 Å². The number of nitrogens with two attached hydrogens (primary N) is 1. The van der Waals surface area contributed by atoms with Crippen molar-refractivity contribution < 1.29 is 8.42 Å². The van der Waals surface area contributed by atoms with Crippen LogP contribution >= 0.6 is 0 Å². The number of hydrogen-bond donors (Lipinski definition) is 1. The minimum atomic E-state index is -3.78. The normalized spacial score (nSPS) is 11.4. The fourth-order valence-electron chi connectivity index (χ4n) is 1.58. The van der Waals surface area contributed by atoms with Crippen LogP contribution in [0.1, 0.15) is 5.56 Å². The Labute approximate surface area is 114 Å². The van der Waals surface area contributed by atoms with E-state index in [1.165, 1.54) is 12.1 Å². The van der Waals surface area contributed by atoms with Crippen LogP contribution in [0.2, 0.25) is 0 Å². The average molecular weight is 282 g/mol. The average Bonchev–Trinajstić information content (AvgIpc) is 2.33. The number of benzene rings is 1. The molecule has 0 radical (unpaired) electrons. The number of hydrogen-bond acceptors (Lipinski definition) is 5. The van der Waals surface area contributed by atoms with Crippen molar-refractivity contribution in [3.05, 3.63) is 23.8 Å². The highest BCUT2D eigenvalue weighted by molar-refractivity contribution is 7.89. The van der Waals surface area contributed by atoms with E-state index in [4.69, 9.17) is 10.4 Å². The zero-order valence-corrected chi connectivity index (χ0v) is 12.1. The monoisotopic (exact) mass is 282 g/mol. The van der Waals surface area contributed by atoms with E-state index in [1.807, 2.05) is 37.0 Å². The Morgan fingerprint density at radius 3 is 2.37 bits per heavy atom. The van der Waals surface area contributed by atoms with Crippen LogP contribution in [0.4, 0.5) is 5.69 Å². The highest BCUT2D eigenvalue weighted by Crippen LogP contribution is 2.22. The third-order valence-corrected chi connectivity index (χ3v) is 3.62. The predicted octanol–water partition coefficient (Wildman–Crippen LogP) is 0.203. The minimum Gasteiger partial charge on any atom is -0.372 e. The third-order valence-electron chi connectivity index (χ3n) is 2.71. The van der Waals surface area contributed by atoms with Gasteiger partial charge in [0.05, 0.1) is 16.1 Å². The van der Waals surface area contributed by atoms with Crippen molar-refractivity contribution in [2.24, 2.45) is 5.14 Å². The number of likely N-dealkylation sites (N-methyl/N-ethyl adjacent to an activating group) is 2. The lowest BCUT2D eigenvalue weighted by Crippen LogP contribution is -2.29. The lowest BCUT2D eigenvalue weighted by molar-refractivity contribution is 0.416. The zero-order chi connectivity index (χ0) is 14.6. The summed E-state index contributed by atoms with van der Waals surface area (Å²) in [5, 5.41) is 14.2. The highest BCUT2D eigenvalue weighted by Gasteiger charge is 2.13. The molecule has 1 aromatic rings. The summed E-state index contributed by atoms with van der Waals surface area (Å²) in [6, 6.07) is 6.32. The van der Waals surface area contributed by atoms with E-state index in [0.717, 1.165) is 13.1 Å². The van der Waals surface area contributed by atoms with E-state index in [-0.39, 0.29) is 4.90 Å². The lowest BCUT2D eigenvalue weighted by Gasteiger charge is -2.22. The molecule has 0 bridgehead atoms. The second-order valence-electron chi connectivity index (χ2n) is 4.56. The molecule has 0 saturated heterocycles.